The Labute approximate surface area is 105 Å². The molecule has 0 aromatic carbocycles. The van der Waals surface area contributed by atoms with Gasteiger partial charge in [0, 0.05) is 18.6 Å². The van der Waals surface area contributed by atoms with E-state index in [-0.39, 0.29) is 0 Å². The third-order valence-electron chi connectivity index (χ3n) is 4.44. The minimum atomic E-state index is 0.449. The van der Waals surface area contributed by atoms with Gasteiger partial charge in [0.15, 0.2) is 0 Å². The summed E-state index contributed by atoms with van der Waals surface area (Å²) < 4.78 is 0. The van der Waals surface area contributed by atoms with Crippen LogP contribution in [-0.4, -0.2) is 48.6 Å². The van der Waals surface area contributed by atoms with Gasteiger partial charge in [0.05, 0.1) is 12.5 Å². The lowest BCUT2D eigenvalue weighted by atomic mass is 9.93. The van der Waals surface area contributed by atoms with Gasteiger partial charge in [-0.1, -0.05) is 19.3 Å². The van der Waals surface area contributed by atoms with Gasteiger partial charge in [-0.3, -0.25) is 4.90 Å². The van der Waals surface area contributed by atoms with Gasteiger partial charge in [-0.2, -0.15) is 5.26 Å². The van der Waals surface area contributed by atoms with Crippen molar-refractivity contribution in [2.45, 2.75) is 57.0 Å². The summed E-state index contributed by atoms with van der Waals surface area (Å²) in [7, 11) is 2.17. The Morgan fingerprint density at radius 2 is 1.88 bits per heavy atom. The lowest BCUT2D eigenvalue weighted by Crippen LogP contribution is -2.43. The Morgan fingerprint density at radius 3 is 2.59 bits per heavy atom. The monoisotopic (exact) mass is 235 g/mol. The molecule has 1 unspecified atom stereocenters. The first-order valence-electron chi connectivity index (χ1n) is 7.12. The number of hydrogen-bond donors (Lipinski definition) is 0. The average Bonchev–Trinajstić information content (AvgIpc) is 2.54. The van der Waals surface area contributed by atoms with E-state index in [0.717, 1.165) is 19.1 Å². The SMILES string of the molecule is CN1CCCN(C2CCCCC2)CC1CC#N. The summed E-state index contributed by atoms with van der Waals surface area (Å²) in [5, 5.41) is 8.93. The van der Waals surface area contributed by atoms with E-state index >= 15 is 0 Å². The van der Waals surface area contributed by atoms with Gasteiger partial charge in [-0.05, 0) is 39.4 Å². The molecule has 1 atom stereocenters. The highest BCUT2D eigenvalue weighted by atomic mass is 15.2. The van der Waals surface area contributed by atoms with E-state index in [1.807, 2.05) is 0 Å². The van der Waals surface area contributed by atoms with Crippen molar-refractivity contribution in [3.8, 4) is 6.07 Å². The second-order valence-corrected chi connectivity index (χ2v) is 5.64. The van der Waals surface area contributed by atoms with Crippen molar-refractivity contribution in [3.63, 3.8) is 0 Å². The number of nitrogens with zero attached hydrogens (tertiary/aromatic N) is 3. The Hall–Kier alpha value is -0.590. The second kappa shape index (κ2) is 6.37. The van der Waals surface area contributed by atoms with Gasteiger partial charge in [-0.25, -0.2) is 0 Å². The molecule has 0 spiro atoms. The van der Waals surface area contributed by atoms with Gasteiger partial charge in [0.1, 0.15) is 0 Å². The third-order valence-corrected chi connectivity index (χ3v) is 4.44. The van der Waals surface area contributed by atoms with Crippen LogP contribution in [-0.2, 0) is 0 Å². The summed E-state index contributed by atoms with van der Waals surface area (Å²) in [6, 6.07) is 3.60. The van der Waals surface area contributed by atoms with Gasteiger partial charge in [0.25, 0.3) is 0 Å². The summed E-state index contributed by atoms with van der Waals surface area (Å²) >= 11 is 0. The van der Waals surface area contributed by atoms with Gasteiger partial charge in [-0.15, -0.1) is 0 Å². The Morgan fingerprint density at radius 1 is 1.12 bits per heavy atom. The predicted molar refractivity (Wildman–Crippen MR) is 69.7 cm³/mol. The van der Waals surface area contributed by atoms with Crippen molar-refractivity contribution in [1.82, 2.24) is 9.80 Å². The molecule has 1 aliphatic carbocycles. The van der Waals surface area contributed by atoms with Crippen LogP contribution in [0.5, 0.6) is 0 Å². The Kier molecular flexibility index (Phi) is 4.82. The molecular weight excluding hydrogens is 210 g/mol. The molecule has 0 N–H and O–H groups in total. The van der Waals surface area contributed by atoms with Crippen LogP contribution >= 0.6 is 0 Å². The van der Waals surface area contributed by atoms with E-state index in [1.54, 1.807) is 0 Å². The van der Waals surface area contributed by atoms with Gasteiger partial charge >= 0.3 is 0 Å². The van der Waals surface area contributed by atoms with E-state index in [4.69, 9.17) is 5.26 Å². The molecule has 2 aliphatic rings. The average molecular weight is 235 g/mol. The largest absolute Gasteiger partial charge is 0.301 e. The summed E-state index contributed by atoms with van der Waals surface area (Å²) in [6.45, 7) is 3.49. The molecule has 2 fully saturated rings. The number of nitriles is 1. The van der Waals surface area contributed by atoms with Crippen molar-refractivity contribution in [3.05, 3.63) is 0 Å². The zero-order valence-electron chi connectivity index (χ0n) is 11.1. The van der Waals surface area contributed by atoms with E-state index < -0.39 is 0 Å². The zero-order valence-corrected chi connectivity index (χ0v) is 11.1. The first-order chi connectivity index (χ1) is 8.31. The van der Waals surface area contributed by atoms with Crippen molar-refractivity contribution in [2.75, 3.05) is 26.7 Å². The first kappa shape index (κ1) is 12.9. The predicted octanol–water partition coefficient (Wildman–Crippen LogP) is 2.24. The van der Waals surface area contributed by atoms with Crippen molar-refractivity contribution in [2.24, 2.45) is 0 Å². The van der Waals surface area contributed by atoms with Crippen LogP contribution in [0.2, 0.25) is 0 Å². The lowest BCUT2D eigenvalue weighted by molar-refractivity contribution is 0.137. The maximum Gasteiger partial charge on any atom is 0.0638 e. The fourth-order valence-electron chi connectivity index (χ4n) is 3.31. The zero-order chi connectivity index (χ0) is 12.1. The van der Waals surface area contributed by atoms with Gasteiger partial charge in [0.2, 0.25) is 0 Å². The molecule has 0 radical (unpaired) electrons. The Bertz CT molecular complexity index is 265. The molecule has 96 valence electrons. The summed E-state index contributed by atoms with van der Waals surface area (Å²) in [6.07, 6.45) is 8.92. The lowest BCUT2D eigenvalue weighted by Gasteiger charge is -2.35. The highest BCUT2D eigenvalue weighted by Crippen LogP contribution is 2.24. The molecule has 0 aromatic rings. The molecule has 17 heavy (non-hydrogen) atoms. The van der Waals surface area contributed by atoms with Crippen molar-refractivity contribution in [1.29, 1.82) is 5.26 Å². The standard InChI is InChI=1S/C14H25N3/c1-16-10-5-11-17(12-14(16)8-9-15)13-6-3-2-4-7-13/h13-14H,2-8,10-12H2,1H3. The van der Waals surface area contributed by atoms with E-state index in [9.17, 15) is 0 Å². The quantitative estimate of drug-likeness (QED) is 0.735. The fraction of sp³-hybridized carbons (Fsp3) is 0.929. The number of likely N-dealkylation sites (N-methyl/N-ethyl adjacent to an activating group) is 1. The maximum absolute atomic E-state index is 8.93. The van der Waals surface area contributed by atoms with E-state index in [2.05, 4.69) is 22.9 Å². The number of hydrogen-bond acceptors (Lipinski definition) is 3. The second-order valence-electron chi connectivity index (χ2n) is 5.64. The fourth-order valence-corrected chi connectivity index (χ4v) is 3.31. The van der Waals surface area contributed by atoms with Crippen LogP contribution in [0.4, 0.5) is 0 Å². The van der Waals surface area contributed by atoms with E-state index in [0.29, 0.717) is 12.5 Å². The normalized spacial score (nSPS) is 29.8. The van der Waals surface area contributed by atoms with Gasteiger partial charge < -0.3 is 4.90 Å². The Balaban J connectivity index is 1.94. The van der Waals surface area contributed by atoms with Crippen molar-refractivity contribution < 1.29 is 0 Å². The molecule has 1 saturated carbocycles. The summed E-state index contributed by atoms with van der Waals surface area (Å²) in [5.41, 5.74) is 0. The highest BCUT2D eigenvalue weighted by molar-refractivity contribution is 4.88. The van der Waals surface area contributed by atoms with Crippen LogP contribution in [0, 0.1) is 11.3 Å². The first-order valence-corrected chi connectivity index (χ1v) is 7.12. The molecule has 1 saturated heterocycles. The van der Waals surface area contributed by atoms with Crippen LogP contribution in [0.25, 0.3) is 0 Å². The number of rotatable bonds is 2. The van der Waals surface area contributed by atoms with E-state index in [1.165, 1.54) is 45.1 Å². The smallest absolute Gasteiger partial charge is 0.0638 e. The minimum Gasteiger partial charge on any atom is -0.301 e. The minimum absolute atomic E-state index is 0.449. The molecule has 0 bridgehead atoms. The van der Waals surface area contributed by atoms with Crippen LogP contribution < -0.4 is 0 Å². The molecular formula is C14H25N3. The topological polar surface area (TPSA) is 30.3 Å². The van der Waals surface area contributed by atoms with Crippen LogP contribution in [0.1, 0.15) is 44.9 Å². The molecule has 3 heteroatoms. The van der Waals surface area contributed by atoms with Crippen LogP contribution in [0.15, 0.2) is 0 Å². The molecule has 2 rings (SSSR count). The van der Waals surface area contributed by atoms with Crippen LogP contribution in [0.3, 0.4) is 0 Å². The third kappa shape index (κ3) is 3.43. The highest BCUT2D eigenvalue weighted by Gasteiger charge is 2.27. The summed E-state index contributed by atoms with van der Waals surface area (Å²) in [5.74, 6) is 0. The summed E-state index contributed by atoms with van der Waals surface area (Å²) in [4.78, 5) is 5.05. The van der Waals surface area contributed by atoms with Crippen molar-refractivity contribution >= 4 is 0 Å². The maximum atomic E-state index is 8.93. The molecule has 0 aromatic heterocycles. The molecule has 0 amide bonds. The molecule has 1 aliphatic heterocycles. The molecule has 1 heterocycles. The molecule has 3 nitrogen and oxygen atoms in total.